The molecule has 0 saturated carbocycles. The van der Waals surface area contributed by atoms with Gasteiger partial charge in [0.25, 0.3) is 0 Å². The second kappa shape index (κ2) is 5.22. The molecule has 0 bridgehead atoms. The number of ether oxygens (including phenoxy) is 2. The van der Waals surface area contributed by atoms with E-state index in [1.54, 1.807) is 32.2 Å². The highest BCUT2D eigenvalue weighted by Gasteiger charge is 2.18. The van der Waals surface area contributed by atoms with Crippen LogP contribution in [0.25, 0.3) is 11.1 Å². The highest BCUT2D eigenvalue weighted by molar-refractivity contribution is 7.98. The van der Waals surface area contributed by atoms with Gasteiger partial charge in [-0.1, -0.05) is 0 Å². The highest BCUT2D eigenvalue weighted by Crippen LogP contribution is 2.44. The fourth-order valence-electron chi connectivity index (χ4n) is 1.82. The van der Waals surface area contributed by atoms with Crippen molar-refractivity contribution in [2.75, 3.05) is 26.2 Å². The normalized spacial score (nSPS) is 10.4. The molecule has 0 saturated heterocycles. The predicted molar refractivity (Wildman–Crippen MR) is 73.3 cm³/mol. The maximum absolute atomic E-state index is 5.84. The first kappa shape index (κ1) is 12.6. The van der Waals surface area contributed by atoms with E-state index in [2.05, 4.69) is 10.2 Å². The van der Waals surface area contributed by atoms with Gasteiger partial charge in [-0.25, -0.2) is 0 Å². The number of nitrogen functional groups attached to an aromatic ring is 1. The molecular weight excluding hydrogens is 250 g/mol. The number of rotatable bonds is 4. The van der Waals surface area contributed by atoms with Crippen LogP contribution in [0.3, 0.4) is 0 Å². The monoisotopic (exact) mass is 265 g/mol. The van der Waals surface area contributed by atoms with Crippen LogP contribution in [-0.2, 0) is 0 Å². The summed E-state index contributed by atoms with van der Waals surface area (Å²) < 4.78 is 10.9. The van der Waals surface area contributed by atoms with Gasteiger partial charge >= 0.3 is 0 Å². The molecule has 0 aliphatic rings. The number of nitrogens with zero attached hydrogens (tertiary/aromatic N) is 1. The minimum atomic E-state index is 0.507. The molecule has 1 heterocycles. The zero-order valence-corrected chi connectivity index (χ0v) is 11.3. The molecular formula is C12H15N3O2S. The molecule has 0 aliphatic heterocycles. The van der Waals surface area contributed by atoms with Crippen molar-refractivity contribution in [3.05, 3.63) is 18.3 Å². The largest absolute Gasteiger partial charge is 0.492 e. The molecule has 6 heteroatoms. The molecule has 2 aromatic rings. The number of H-pyrrole nitrogens is 1. The van der Waals surface area contributed by atoms with Gasteiger partial charge < -0.3 is 15.2 Å². The Morgan fingerprint density at radius 2 is 1.89 bits per heavy atom. The van der Waals surface area contributed by atoms with E-state index in [1.165, 1.54) is 0 Å². The van der Waals surface area contributed by atoms with Gasteiger partial charge in [0.05, 0.1) is 25.3 Å². The quantitative estimate of drug-likeness (QED) is 0.830. The average molecular weight is 265 g/mol. The van der Waals surface area contributed by atoms with E-state index in [4.69, 9.17) is 15.2 Å². The van der Waals surface area contributed by atoms with Gasteiger partial charge in [-0.05, 0) is 18.4 Å². The van der Waals surface area contributed by atoms with Gasteiger partial charge in [0.1, 0.15) is 5.82 Å². The molecule has 1 aromatic carbocycles. The van der Waals surface area contributed by atoms with E-state index in [1.807, 2.05) is 18.4 Å². The number of methoxy groups -OCH3 is 2. The molecule has 0 fully saturated rings. The third-order valence-corrected chi connectivity index (χ3v) is 3.42. The first-order valence-electron chi connectivity index (χ1n) is 5.31. The highest BCUT2D eigenvalue weighted by atomic mass is 32.2. The van der Waals surface area contributed by atoms with Crippen molar-refractivity contribution in [3.63, 3.8) is 0 Å². The van der Waals surface area contributed by atoms with E-state index in [9.17, 15) is 0 Å². The van der Waals surface area contributed by atoms with Gasteiger partial charge in [0, 0.05) is 11.1 Å². The van der Waals surface area contributed by atoms with E-state index >= 15 is 0 Å². The van der Waals surface area contributed by atoms with Crippen molar-refractivity contribution in [2.24, 2.45) is 0 Å². The van der Waals surface area contributed by atoms with Gasteiger partial charge in [0.2, 0.25) is 0 Å². The molecule has 3 N–H and O–H groups in total. The number of aromatic amines is 1. The second-order valence-corrected chi connectivity index (χ2v) is 4.43. The lowest BCUT2D eigenvalue weighted by atomic mass is 10.1. The van der Waals surface area contributed by atoms with Crippen molar-refractivity contribution < 1.29 is 9.47 Å². The van der Waals surface area contributed by atoms with E-state index in [0.717, 1.165) is 16.0 Å². The van der Waals surface area contributed by atoms with E-state index < -0.39 is 0 Å². The van der Waals surface area contributed by atoms with Gasteiger partial charge in [-0.2, -0.15) is 5.10 Å². The summed E-state index contributed by atoms with van der Waals surface area (Å²) in [5, 5.41) is 6.63. The van der Waals surface area contributed by atoms with Crippen LogP contribution in [0.4, 0.5) is 5.82 Å². The summed E-state index contributed by atoms with van der Waals surface area (Å²) in [5.41, 5.74) is 7.50. The van der Waals surface area contributed by atoms with Crippen LogP contribution in [0.1, 0.15) is 0 Å². The van der Waals surface area contributed by atoms with Crippen LogP contribution in [0.15, 0.2) is 23.2 Å². The Morgan fingerprint density at radius 3 is 2.39 bits per heavy atom. The summed E-state index contributed by atoms with van der Waals surface area (Å²) in [6.07, 6.45) is 3.66. The van der Waals surface area contributed by atoms with Crippen molar-refractivity contribution in [1.29, 1.82) is 0 Å². The fourth-order valence-corrected chi connectivity index (χ4v) is 2.39. The lowest BCUT2D eigenvalue weighted by molar-refractivity contribution is 0.349. The van der Waals surface area contributed by atoms with Gasteiger partial charge in [-0.15, -0.1) is 11.8 Å². The lowest BCUT2D eigenvalue weighted by Crippen LogP contribution is -1.96. The van der Waals surface area contributed by atoms with Gasteiger partial charge in [-0.3, -0.25) is 5.10 Å². The summed E-state index contributed by atoms with van der Waals surface area (Å²) in [5.74, 6) is 1.88. The summed E-state index contributed by atoms with van der Waals surface area (Å²) in [7, 11) is 3.24. The fraction of sp³-hybridized carbons (Fsp3) is 0.250. The predicted octanol–water partition coefficient (Wildman–Crippen LogP) is 2.40. The minimum Gasteiger partial charge on any atom is -0.492 e. The SMILES string of the molecule is COc1c(SC)ccc(-c2cn[nH]c2N)c1OC. The van der Waals surface area contributed by atoms with Crippen molar-refractivity contribution >= 4 is 17.6 Å². The third kappa shape index (κ3) is 1.99. The number of aromatic nitrogens is 2. The Morgan fingerprint density at radius 1 is 1.17 bits per heavy atom. The summed E-state index contributed by atoms with van der Waals surface area (Å²) in [6.45, 7) is 0. The Kier molecular flexibility index (Phi) is 3.66. The first-order chi connectivity index (χ1) is 8.72. The molecule has 5 nitrogen and oxygen atoms in total. The zero-order chi connectivity index (χ0) is 13.1. The maximum Gasteiger partial charge on any atom is 0.174 e. The molecule has 96 valence electrons. The Balaban J connectivity index is 2.66. The zero-order valence-electron chi connectivity index (χ0n) is 10.5. The molecule has 18 heavy (non-hydrogen) atoms. The molecule has 0 amide bonds. The average Bonchev–Trinajstić information content (AvgIpc) is 2.82. The first-order valence-corrected chi connectivity index (χ1v) is 6.53. The third-order valence-electron chi connectivity index (χ3n) is 2.66. The maximum atomic E-state index is 5.84. The Hall–Kier alpha value is -1.82. The summed E-state index contributed by atoms with van der Waals surface area (Å²) >= 11 is 1.60. The summed E-state index contributed by atoms with van der Waals surface area (Å²) in [6, 6.07) is 3.93. The molecule has 1 aromatic heterocycles. The number of nitrogens with two attached hydrogens (primary N) is 1. The number of benzene rings is 1. The van der Waals surface area contributed by atoms with Crippen LogP contribution in [0.5, 0.6) is 11.5 Å². The van der Waals surface area contributed by atoms with Crippen molar-refractivity contribution in [2.45, 2.75) is 4.90 Å². The minimum absolute atomic E-state index is 0.507. The van der Waals surface area contributed by atoms with Crippen molar-refractivity contribution in [3.8, 4) is 22.6 Å². The number of nitrogens with one attached hydrogen (secondary N) is 1. The molecule has 0 spiro atoms. The van der Waals surface area contributed by atoms with Crippen LogP contribution in [-0.4, -0.2) is 30.7 Å². The van der Waals surface area contributed by atoms with Crippen molar-refractivity contribution in [1.82, 2.24) is 10.2 Å². The van der Waals surface area contributed by atoms with Crippen LogP contribution in [0, 0.1) is 0 Å². The molecule has 0 unspecified atom stereocenters. The molecule has 0 radical (unpaired) electrons. The molecule has 2 rings (SSSR count). The smallest absolute Gasteiger partial charge is 0.174 e. The molecule has 0 aliphatic carbocycles. The number of hydrogen-bond donors (Lipinski definition) is 2. The topological polar surface area (TPSA) is 73.2 Å². The second-order valence-electron chi connectivity index (χ2n) is 3.58. The van der Waals surface area contributed by atoms with Crippen LogP contribution in [0.2, 0.25) is 0 Å². The van der Waals surface area contributed by atoms with Crippen LogP contribution < -0.4 is 15.2 Å². The van der Waals surface area contributed by atoms with E-state index in [0.29, 0.717) is 17.3 Å². The Bertz CT molecular complexity index is 554. The Labute approximate surface area is 110 Å². The molecule has 0 atom stereocenters. The van der Waals surface area contributed by atoms with E-state index in [-0.39, 0.29) is 0 Å². The lowest BCUT2D eigenvalue weighted by Gasteiger charge is -2.15. The standard InChI is InChI=1S/C12H15N3O2S/c1-16-10-7(8-6-14-15-12(8)13)4-5-9(18-3)11(10)17-2/h4-6H,1-3H3,(H3,13,14,15). The number of hydrogen-bond acceptors (Lipinski definition) is 5. The summed E-state index contributed by atoms with van der Waals surface area (Å²) in [4.78, 5) is 1.01. The van der Waals surface area contributed by atoms with Gasteiger partial charge in [0.15, 0.2) is 11.5 Å². The number of anilines is 1. The van der Waals surface area contributed by atoms with Crippen LogP contribution >= 0.6 is 11.8 Å². The number of thioether (sulfide) groups is 1.